The van der Waals surface area contributed by atoms with Gasteiger partial charge in [0.2, 0.25) is 6.23 Å². The van der Waals surface area contributed by atoms with Crippen molar-refractivity contribution in [2.45, 2.75) is 31.8 Å². The molecule has 2 heterocycles. The van der Waals surface area contributed by atoms with Crippen LogP contribution in [0.25, 0.3) is 0 Å². The van der Waals surface area contributed by atoms with Crippen LogP contribution in [0.4, 0.5) is 4.79 Å². The van der Waals surface area contributed by atoms with Crippen molar-refractivity contribution >= 4 is 17.8 Å². The molecule has 3 amide bonds. The molecule has 0 bridgehead atoms. The number of ether oxygens (including phenoxy) is 1. The van der Waals surface area contributed by atoms with Crippen LogP contribution in [0, 0.1) is 5.41 Å². The maximum Gasteiger partial charge on any atom is 0.436 e. The van der Waals surface area contributed by atoms with Crippen LogP contribution in [0.5, 0.6) is 0 Å². The largest absolute Gasteiger partial charge is 0.436 e. The SMILES string of the molecule is CC(=O)[N+]1([C@H]2C[C@H](O)[C@@H](CO)O2)C=CC(=N)NC1=O. The number of hydrogen-bond donors (Lipinski definition) is 4. The van der Waals surface area contributed by atoms with E-state index in [1.807, 2.05) is 0 Å². The molecular weight excluding hydrogens is 254 g/mol. The first kappa shape index (κ1) is 13.8. The highest BCUT2D eigenvalue weighted by Gasteiger charge is 2.55. The third-order valence-electron chi connectivity index (χ3n) is 3.41. The highest BCUT2D eigenvalue weighted by molar-refractivity contribution is 6.04. The zero-order valence-corrected chi connectivity index (χ0v) is 10.4. The maximum absolute atomic E-state index is 12.1. The Balaban J connectivity index is 2.37. The Bertz CT molecular complexity index is 463. The van der Waals surface area contributed by atoms with Crippen molar-refractivity contribution in [1.82, 2.24) is 5.32 Å². The van der Waals surface area contributed by atoms with Gasteiger partial charge in [0.15, 0.2) is 0 Å². The monoisotopic (exact) mass is 270 g/mol. The Morgan fingerprint density at radius 2 is 2.37 bits per heavy atom. The van der Waals surface area contributed by atoms with E-state index < -0.39 is 41.5 Å². The summed E-state index contributed by atoms with van der Waals surface area (Å²) in [4.78, 5) is 24.0. The smallest absolute Gasteiger partial charge is 0.394 e. The van der Waals surface area contributed by atoms with Gasteiger partial charge in [0.25, 0.3) is 0 Å². The number of aliphatic hydroxyl groups excluding tert-OH is 2. The normalized spacial score (nSPS) is 38.4. The number of amides is 3. The molecule has 0 aromatic carbocycles. The second-order valence-electron chi connectivity index (χ2n) is 4.57. The standard InChI is InChI=1S/C11H15N3O5/c1-6(16)14(3-2-9(12)13-11(14)18)10-4-7(17)8(5-15)19-10/h2-3,7-8,10,15,17H,4-5H2,1H3,(H-,12,13,18)/p+1/t7-,8+,10+,14?/m0/s1. The molecule has 2 aliphatic heterocycles. The van der Waals surface area contributed by atoms with Gasteiger partial charge < -0.3 is 14.9 Å². The summed E-state index contributed by atoms with van der Waals surface area (Å²) >= 11 is 0. The Hall–Kier alpha value is -1.61. The topological polar surface area (TPSA) is 120 Å². The van der Waals surface area contributed by atoms with Crippen LogP contribution >= 0.6 is 0 Å². The summed E-state index contributed by atoms with van der Waals surface area (Å²) in [7, 11) is 0. The van der Waals surface area contributed by atoms with Gasteiger partial charge in [-0.15, -0.1) is 4.48 Å². The predicted molar refractivity (Wildman–Crippen MR) is 62.7 cm³/mol. The zero-order valence-electron chi connectivity index (χ0n) is 10.4. The van der Waals surface area contributed by atoms with Crippen molar-refractivity contribution in [3.63, 3.8) is 0 Å². The van der Waals surface area contributed by atoms with Gasteiger partial charge in [-0.2, -0.15) is 0 Å². The van der Waals surface area contributed by atoms with Gasteiger partial charge in [-0.05, 0) is 0 Å². The molecule has 4 atom stereocenters. The molecule has 1 saturated heterocycles. The van der Waals surface area contributed by atoms with E-state index in [9.17, 15) is 14.7 Å². The summed E-state index contributed by atoms with van der Waals surface area (Å²) in [5, 5.41) is 28.4. The van der Waals surface area contributed by atoms with Crippen molar-refractivity contribution in [2.24, 2.45) is 0 Å². The molecule has 19 heavy (non-hydrogen) atoms. The van der Waals surface area contributed by atoms with Gasteiger partial charge in [-0.1, -0.05) is 0 Å². The van der Waals surface area contributed by atoms with Crippen LogP contribution in [0.3, 0.4) is 0 Å². The molecule has 1 fully saturated rings. The predicted octanol–water partition coefficient (Wildman–Crippen LogP) is -0.968. The third kappa shape index (κ3) is 2.08. The van der Waals surface area contributed by atoms with Gasteiger partial charge in [-0.3, -0.25) is 10.7 Å². The molecule has 2 aliphatic rings. The second-order valence-corrected chi connectivity index (χ2v) is 4.57. The van der Waals surface area contributed by atoms with Crippen LogP contribution in [0.15, 0.2) is 12.3 Å². The number of rotatable bonds is 2. The van der Waals surface area contributed by atoms with E-state index in [0.29, 0.717) is 0 Å². The molecule has 104 valence electrons. The van der Waals surface area contributed by atoms with Gasteiger partial charge >= 0.3 is 11.9 Å². The first-order valence-electron chi connectivity index (χ1n) is 5.85. The summed E-state index contributed by atoms with van der Waals surface area (Å²) in [6.45, 7) is 0.845. The lowest BCUT2D eigenvalue weighted by Crippen LogP contribution is -2.64. The van der Waals surface area contributed by atoms with Crippen molar-refractivity contribution in [2.75, 3.05) is 6.61 Å². The summed E-state index contributed by atoms with van der Waals surface area (Å²) in [6, 6.07) is -0.698. The average molecular weight is 270 g/mol. The molecule has 0 spiro atoms. The van der Waals surface area contributed by atoms with Crippen molar-refractivity contribution in [3.8, 4) is 0 Å². The lowest BCUT2D eigenvalue weighted by Gasteiger charge is -2.34. The molecule has 4 N–H and O–H groups in total. The van der Waals surface area contributed by atoms with E-state index in [-0.39, 0.29) is 12.3 Å². The lowest BCUT2D eigenvalue weighted by molar-refractivity contribution is -0.778. The molecule has 8 heteroatoms. The Kier molecular flexibility index (Phi) is 3.50. The van der Waals surface area contributed by atoms with E-state index in [2.05, 4.69) is 5.32 Å². The Morgan fingerprint density at radius 3 is 2.84 bits per heavy atom. The van der Waals surface area contributed by atoms with E-state index >= 15 is 0 Å². The summed E-state index contributed by atoms with van der Waals surface area (Å²) in [5.41, 5.74) is 0. The minimum Gasteiger partial charge on any atom is -0.394 e. The summed E-state index contributed by atoms with van der Waals surface area (Å²) < 4.78 is 4.63. The number of nitrogens with one attached hydrogen (secondary N) is 2. The zero-order chi connectivity index (χ0) is 14.2. The number of hydrogen-bond acceptors (Lipinski definition) is 6. The molecule has 0 aliphatic carbocycles. The van der Waals surface area contributed by atoms with E-state index in [4.69, 9.17) is 15.3 Å². The number of carbonyl (C=O) groups is 2. The fourth-order valence-electron chi connectivity index (χ4n) is 2.32. The number of carbonyl (C=O) groups excluding carboxylic acids is 2. The molecule has 1 unspecified atom stereocenters. The van der Waals surface area contributed by atoms with Gasteiger partial charge in [0, 0.05) is 6.08 Å². The van der Waals surface area contributed by atoms with E-state index in [1.54, 1.807) is 0 Å². The molecule has 2 rings (SSSR count). The summed E-state index contributed by atoms with van der Waals surface area (Å²) in [5.74, 6) is -0.603. The minimum atomic E-state index is -0.938. The van der Waals surface area contributed by atoms with Gasteiger partial charge in [0.05, 0.1) is 26.1 Å². The first-order chi connectivity index (χ1) is 8.91. The highest BCUT2D eigenvalue weighted by Crippen LogP contribution is 2.31. The van der Waals surface area contributed by atoms with Crippen LogP contribution in [-0.2, 0) is 9.53 Å². The average Bonchev–Trinajstić information content (AvgIpc) is 2.70. The number of imide groups is 1. The van der Waals surface area contributed by atoms with Crippen LogP contribution < -0.4 is 5.32 Å². The van der Waals surface area contributed by atoms with E-state index in [0.717, 1.165) is 0 Å². The fraction of sp³-hybridized carbons (Fsp3) is 0.545. The molecule has 0 radical (unpaired) electrons. The minimum absolute atomic E-state index is 0.0515. The molecule has 8 nitrogen and oxygen atoms in total. The second kappa shape index (κ2) is 4.82. The Labute approximate surface area is 109 Å². The molecule has 0 aromatic rings. The van der Waals surface area contributed by atoms with Crippen LogP contribution in [0.2, 0.25) is 0 Å². The lowest BCUT2D eigenvalue weighted by atomic mass is 10.1. The van der Waals surface area contributed by atoms with E-state index in [1.165, 1.54) is 19.2 Å². The fourth-order valence-corrected chi connectivity index (χ4v) is 2.32. The number of urea groups is 1. The Morgan fingerprint density at radius 1 is 1.68 bits per heavy atom. The van der Waals surface area contributed by atoms with Gasteiger partial charge in [0.1, 0.15) is 18.1 Å². The van der Waals surface area contributed by atoms with Crippen LogP contribution in [-0.4, -0.2) is 57.5 Å². The number of amidine groups is 1. The summed E-state index contributed by atoms with van der Waals surface area (Å²) in [6.07, 6.45) is -0.0377. The number of aliphatic hydroxyl groups is 2. The quantitative estimate of drug-likeness (QED) is 0.481. The van der Waals surface area contributed by atoms with Crippen molar-refractivity contribution in [1.29, 1.82) is 5.41 Å². The van der Waals surface area contributed by atoms with Crippen molar-refractivity contribution < 1.29 is 29.0 Å². The highest BCUT2D eigenvalue weighted by atomic mass is 16.6. The van der Waals surface area contributed by atoms with Crippen LogP contribution in [0.1, 0.15) is 13.3 Å². The number of quaternary nitrogens is 1. The number of nitrogens with zero attached hydrogens (tertiary/aromatic N) is 1. The maximum atomic E-state index is 12.1. The molecule has 0 aromatic heterocycles. The molecule has 0 saturated carbocycles. The molecular formula is C11H16N3O5+. The first-order valence-corrected chi connectivity index (χ1v) is 5.85. The van der Waals surface area contributed by atoms with Crippen molar-refractivity contribution in [3.05, 3.63) is 12.3 Å². The third-order valence-corrected chi connectivity index (χ3v) is 3.41. The van der Waals surface area contributed by atoms with Gasteiger partial charge in [-0.25, -0.2) is 9.59 Å².